The highest BCUT2D eigenvalue weighted by atomic mass is 16.2. The van der Waals surface area contributed by atoms with Crippen LogP contribution in [0.2, 0.25) is 0 Å². The number of likely N-dealkylation sites (tertiary alicyclic amines) is 1. The Hall–Kier alpha value is -0.860. The van der Waals surface area contributed by atoms with Crippen molar-refractivity contribution in [3.8, 4) is 0 Å². The van der Waals surface area contributed by atoms with Gasteiger partial charge in [0.1, 0.15) is 0 Å². The Labute approximate surface area is 103 Å². The van der Waals surface area contributed by atoms with Gasteiger partial charge in [-0.25, -0.2) is 0 Å². The van der Waals surface area contributed by atoms with Crippen molar-refractivity contribution in [3.05, 3.63) is 0 Å². The van der Waals surface area contributed by atoms with Crippen LogP contribution in [-0.2, 0) is 9.59 Å². The largest absolute Gasteiger partial charge is 0.285 e. The van der Waals surface area contributed by atoms with Gasteiger partial charge in [-0.05, 0) is 30.1 Å². The molecule has 1 saturated heterocycles. The zero-order valence-electron chi connectivity index (χ0n) is 10.8. The maximum absolute atomic E-state index is 12.1. The number of amides is 2. The summed E-state index contributed by atoms with van der Waals surface area (Å²) in [7, 11) is 1.66. The van der Waals surface area contributed by atoms with Crippen LogP contribution < -0.4 is 0 Å². The molecule has 0 N–H and O–H groups in total. The lowest BCUT2D eigenvalue weighted by atomic mass is 9.67. The molecule has 3 aliphatic rings. The van der Waals surface area contributed by atoms with Gasteiger partial charge in [0.2, 0.25) is 11.8 Å². The van der Waals surface area contributed by atoms with E-state index in [1.807, 2.05) is 0 Å². The summed E-state index contributed by atoms with van der Waals surface area (Å²) in [5.41, 5.74) is 0. The Kier molecular flexibility index (Phi) is 2.36. The minimum atomic E-state index is 0.0326. The second-order valence-corrected chi connectivity index (χ2v) is 5.99. The minimum Gasteiger partial charge on any atom is -0.285 e. The Balaban J connectivity index is 1.97. The molecule has 0 radical (unpaired) electrons. The third-order valence-corrected chi connectivity index (χ3v) is 5.68. The number of hydrogen-bond donors (Lipinski definition) is 0. The predicted molar refractivity (Wildman–Crippen MR) is 63.9 cm³/mol. The number of fused-ring (bicyclic) bond motifs is 5. The van der Waals surface area contributed by atoms with E-state index in [0.29, 0.717) is 23.7 Å². The van der Waals surface area contributed by atoms with Gasteiger partial charge in [0.25, 0.3) is 0 Å². The molecule has 0 spiro atoms. The lowest BCUT2D eigenvalue weighted by molar-refractivity contribution is -0.139. The average Bonchev–Trinajstić information content (AvgIpc) is 2.94. The summed E-state index contributed by atoms with van der Waals surface area (Å²) in [4.78, 5) is 25.7. The first kappa shape index (κ1) is 11.2. The lowest BCUT2D eigenvalue weighted by Gasteiger charge is -2.35. The van der Waals surface area contributed by atoms with E-state index in [1.165, 1.54) is 4.90 Å². The highest BCUT2D eigenvalue weighted by Gasteiger charge is 2.65. The summed E-state index contributed by atoms with van der Waals surface area (Å²) in [5.74, 6) is 2.59. The van der Waals surface area contributed by atoms with Crippen LogP contribution in [0, 0.1) is 35.5 Å². The zero-order chi connectivity index (χ0) is 12.3. The van der Waals surface area contributed by atoms with E-state index in [0.717, 1.165) is 19.3 Å². The Morgan fingerprint density at radius 2 is 1.41 bits per heavy atom. The third kappa shape index (κ3) is 1.18. The SMILES string of the molecule is CCC1C(CC)C2CC1C1C(=O)N(C)C(=O)C21. The Morgan fingerprint density at radius 1 is 1.00 bits per heavy atom. The van der Waals surface area contributed by atoms with Gasteiger partial charge in [-0.1, -0.05) is 26.7 Å². The molecule has 1 aliphatic heterocycles. The second kappa shape index (κ2) is 3.56. The van der Waals surface area contributed by atoms with E-state index >= 15 is 0 Å². The van der Waals surface area contributed by atoms with Crippen LogP contribution in [0.4, 0.5) is 0 Å². The molecule has 2 saturated carbocycles. The van der Waals surface area contributed by atoms with Gasteiger partial charge in [0, 0.05) is 7.05 Å². The van der Waals surface area contributed by atoms with Crippen LogP contribution in [0.15, 0.2) is 0 Å². The summed E-state index contributed by atoms with van der Waals surface area (Å²) in [6.45, 7) is 4.46. The molecule has 1 heterocycles. The van der Waals surface area contributed by atoms with E-state index in [9.17, 15) is 9.59 Å². The summed E-state index contributed by atoms with van der Waals surface area (Å²) in [6.07, 6.45) is 3.44. The maximum Gasteiger partial charge on any atom is 0.233 e. The van der Waals surface area contributed by atoms with Gasteiger partial charge in [-0.15, -0.1) is 0 Å². The van der Waals surface area contributed by atoms with Crippen molar-refractivity contribution in [1.82, 2.24) is 4.90 Å². The van der Waals surface area contributed by atoms with E-state index in [4.69, 9.17) is 0 Å². The van der Waals surface area contributed by atoms with Gasteiger partial charge in [-0.2, -0.15) is 0 Å². The summed E-state index contributed by atoms with van der Waals surface area (Å²) < 4.78 is 0. The molecule has 17 heavy (non-hydrogen) atoms. The topological polar surface area (TPSA) is 37.4 Å². The number of carbonyl (C=O) groups is 2. The van der Waals surface area contributed by atoms with Crippen LogP contribution in [0.5, 0.6) is 0 Å². The number of hydrogen-bond acceptors (Lipinski definition) is 2. The van der Waals surface area contributed by atoms with Crippen molar-refractivity contribution in [1.29, 1.82) is 0 Å². The number of imide groups is 1. The molecule has 0 aromatic carbocycles. The van der Waals surface area contributed by atoms with Crippen LogP contribution >= 0.6 is 0 Å². The molecule has 6 unspecified atom stereocenters. The normalized spacial score (nSPS) is 48.1. The molecule has 2 aliphatic carbocycles. The van der Waals surface area contributed by atoms with Gasteiger partial charge in [0.05, 0.1) is 11.8 Å². The quantitative estimate of drug-likeness (QED) is 0.686. The fourth-order valence-corrected chi connectivity index (χ4v) is 5.10. The van der Waals surface area contributed by atoms with Crippen molar-refractivity contribution in [3.63, 3.8) is 0 Å². The zero-order valence-corrected chi connectivity index (χ0v) is 10.8. The molecular formula is C14H21NO2. The molecule has 2 amide bonds. The molecule has 0 aromatic rings. The van der Waals surface area contributed by atoms with Crippen molar-refractivity contribution >= 4 is 11.8 Å². The Bertz CT molecular complexity index is 344. The van der Waals surface area contributed by atoms with Crippen LogP contribution in [0.25, 0.3) is 0 Å². The number of carbonyl (C=O) groups excluding carboxylic acids is 2. The minimum absolute atomic E-state index is 0.0326. The van der Waals surface area contributed by atoms with Crippen LogP contribution in [0.1, 0.15) is 33.1 Å². The van der Waals surface area contributed by atoms with Crippen molar-refractivity contribution in [2.45, 2.75) is 33.1 Å². The summed E-state index contributed by atoms with van der Waals surface area (Å²) >= 11 is 0. The summed E-state index contributed by atoms with van der Waals surface area (Å²) in [6, 6.07) is 0. The monoisotopic (exact) mass is 235 g/mol. The Morgan fingerprint density at radius 3 is 1.76 bits per heavy atom. The van der Waals surface area contributed by atoms with Crippen molar-refractivity contribution in [2.24, 2.45) is 35.5 Å². The van der Waals surface area contributed by atoms with E-state index in [-0.39, 0.29) is 23.7 Å². The number of nitrogens with zero attached hydrogens (tertiary/aromatic N) is 1. The molecule has 3 nitrogen and oxygen atoms in total. The number of rotatable bonds is 2. The van der Waals surface area contributed by atoms with Gasteiger partial charge in [-0.3, -0.25) is 14.5 Å². The standard InChI is InChI=1S/C14H21NO2/c1-4-7-8(5-2)10-6-9(7)11-12(10)14(17)15(3)13(11)16/h7-12H,4-6H2,1-3H3. The molecule has 6 atom stereocenters. The lowest BCUT2D eigenvalue weighted by Crippen LogP contribution is -2.36. The van der Waals surface area contributed by atoms with E-state index < -0.39 is 0 Å². The van der Waals surface area contributed by atoms with Gasteiger partial charge in [0.15, 0.2) is 0 Å². The average molecular weight is 235 g/mol. The van der Waals surface area contributed by atoms with E-state index in [2.05, 4.69) is 13.8 Å². The maximum atomic E-state index is 12.1. The molecule has 3 fully saturated rings. The molecule has 3 heteroatoms. The van der Waals surface area contributed by atoms with Crippen molar-refractivity contribution in [2.75, 3.05) is 7.05 Å². The molecule has 0 aromatic heterocycles. The molecular weight excluding hydrogens is 214 g/mol. The van der Waals surface area contributed by atoms with Gasteiger partial charge < -0.3 is 0 Å². The van der Waals surface area contributed by atoms with Crippen LogP contribution in [0.3, 0.4) is 0 Å². The van der Waals surface area contributed by atoms with Crippen LogP contribution in [-0.4, -0.2) is 23.8 Å². The highest BCUT2D eigenvalue weighted by molar-refractivity contribution is 6.05. The molecule has 3 rings (SSSR count). The van der Waals surface area contributed by atoms with E-state index in [1.54, 1.807) is 7.05 Å². The molecule has 2 bridgehead atoms. The first-order valence-corrected chi connectivity index (χ1v) is 6.93. The first-order valence-electron chi connectivity index (χ1n) is 6.93. The van der Waals surface area contributed by atoms with Crippen molar-refractivity contribution < 1.29 is 9.59 Å². The third-order valence-electron chi connectivity index (χ3n) is 5.68. The van der Waals surface area contributed by atoms with Gasteiger partial charge >= 0.3 is 0 Å². The second-order valence-electron chi connectivity index (χ2n) is 5.99. The predicted octanol–water partition coefficient (Wildman–Crippen LogP) is 1.92. The fraction of sp³-hybridized carbons (Fsp3) is 0.857. The highest BCUT2D eigenvalue weighted by Crippen LogP contribution is 2.62. The smallest absolute Gasteiger partial charge is 0.233 e. The molecule has 94 valence electrons. The first-order chi connectivity index (χ1) is 8.11. The summed E-state index contributed by atoms with van der Waals surface area (Å²) in [5, 5.41) is 0. The fourth-order valence-electron chi connectivity index (χ4n) is 5.10.